The highest BCUT2D eigenvalue weighted by atomic mass is 16.4. The summed E-state index contributed by atoms with van der Waals surface area (Å²) in [5.74, 6) is -2.08. The van der Waals surface area contributed by atoms with E-state index in [9.17, 15) is 19.8 Å². The Labute approximate surface area is 148 Å². The maximum Gasteiger partial charge on any atom is 0.355 e. The van der Waals surface area contributed by atoms with E-state index in [1.54, 1.807) is 18.5 Å². The van der Waals surface area contributed by atoms with Gasteiger partial charge in [-0.15, -0.1) is 0 Å². The number of aromatic hydroxyl groups is 1. The molecular weight excluding hydrogens is 334 g/mol. The number of phenols is 1. The van der Waals surface area contributed by atoms with E-state index in [2.05, 4.69) is 9.97 Å². The van der Waals surface area contributed by atoms with Gasteiger partial charge < -0.3 is 14.8 Å². The first kappa shape index (κ1) is 16.3. The second-order valence-electron chi connectivity index (χ2n) is 6.47. The van der Waals surface area contributed by atoms with Crippen molar-refractivity contribution in [2.24, 2.45) is 0 Å². The lowest BCUT2D eigenvalue weighted by Crippen LogP contribution is -2.14. The normalized spacial score (nSPS) is 14.8. The first-order chi connectivity index (χ1) is 12.6. The number of fused-ring (bicyclic) bond motifs is 1. The molecule has 2 aromatic heterocycles. The minimum absolute atomic E-state index is 0.0337. The Kier molecular flexibility index (Phi) is 3.91. The van der Waals surface area contributed by atoms with Gasteiger partial charge in [0.15, 0.2) is 17.1 Å². The second kappa shape index (κ2) is 6.25. The van der Waals surface area contributed by atoms with Crippen molar-refractivity contribution in [1.82, 2.24) is 14.5 Å². The van der Waals surface area contributed by atoms with Crippen LogP contribution in [0, 0.1) is 0 Å². The van der Waals surface area contributed by atoms with Crippen LogP contribution in [0.25, 0.3) is 11.2 Å². The van der Waals surface area contributed by atoms with E-state index >= 15 is 0 Å². The maximum absolute atomic E-state index is 12.8. The summed E-state index contributed by atoms with van der Waals surface area (Å²) in [5, 5.41) is 19.5. The van der Waals surface area contributed by atoms with Gasteiger partial charge in [0.05, 0.1) is 17.5 Å². The number of carboxylic acid groups (broad SMARTS) is 1. The van der Waals surface area contributed by atoms with E-state index in [1.807, 2.05) is 4.57 Å². The number of aromatic carboxylic acids is 1. The molecule has 7 nitrogen and oxygen atoms in total. The monoisotopic (exact) mass is 351 g/mol. The van der Waals surface area contributed by atoms with Gasteiger partial charge in [-0.25, -0.2) is 14.8 Å². The summed E-state index contributed by atoms with van der Waals surface area (Å²) in [6.07, 6.45) is 5.93. The summed E-state index contributed by atoms with van der Waals surface area (Å²) in [6, 6.07) is 7.74. The largest absolute Gasteiger partial charge is 0.507 e. The first-order valence-corrected chi connectivity index (χ1v) is 8.50. The van der Waals surface area contributed by atoms with Gasteiger partial charge in [-0.1, -0.05) is 25.0 Å². The predicted octanol–water partition coefficient (Wildman–Crippen LogP) is 3.18. The number of benzene rings is 1. The van der Waals surface area contributed by atoms with E-state index < -0.39 is 11.8 Å². The second-order valence-corrected chi connectivity index (χ2v) is 6.47. The summed E-state index contributed by atoms with van der Waals surface area (Å²) >= 11 is 0. The lowest BCUT2D eigenvalue weighted by molar-refractivity contribution is 0.0686. The fourth-order valence-electron chi connectivity index (χ4n) is 3.55. The number of pyridine rings is 1. The number of ketones is 1. The molecule has 26 heavy (non-hydrogen) atoms. The number of nitrogens with zero attached hydrogens (tertiary/aromatic N) is 3. The Balaban J connectivity index is 1.87. The van der Waals surface area contributed by atoms with Crippen molar-refractivity contribution in [1.29, 1.82) is 0 Å². The van der Waals surface area contributed by atoms with E-state index in [1.165, 1.54) is 18.2 Å². The number of hydrogen-bond acceptors (Lipinski definition) is 5. The van der Waals surface area contributed by atoms with Crippen molar-refractivity contribution in [3.05, 3.63) is 53.5 Å². The molecule has 0 radical (unpaired) electrons. The molecule has 1 fully saturated rings. The minimum Gasteiger partial charge on any atom is -0.507 e. The van der Waals surface area contributed by atoms with Crippen LogP contribution in [0.3, 0.4) is 0 Å². The molecule has 2 heterocycles. The lowest BCUT2D eigenvalue weighted by Gasteiger charge is -2.12. The third-order valence-corrected chi connectivity index (χ3v) is 4.86. The van der Waals surface area contributed by atoms with Crippen molar-refractivity contribution in [3.8, 4) is 5.75 Å². The standard InChI is InChI=1S/C19H17N3O4/c23-15-8-4-3-7-12(15)17(24)13-9-14-18(21-16(13)19(25)26)22(10-20-14)11-5-1-2-6-11/h3-4,7-11,23H,1-2,5-6H2,(H,25,26). The number of phenolic OH excluding ortho intramolecular Hbond substituents is 1. The molecule has 2 N–H and O–H groups in total. The number of carboxylic acids is 1. The van der Waals surface area contributed by atoms with E-state index in [4.69, 9.17) is 0 Å². The first-order valence-electron chi connectivity index (χ1n) is 8.50. The Hall–Kier alpha value is -3.22. The Morgan fingerprint density at radius 1 is 1.12 bits per heavy atom. The van der Waals surface area contributed by atoms with Gasteiger partial charge in [0.25, 0.3) is 0 Å². The van der Waals surface area contributed by atoms with Crippen LogP contribution in [0.4, 0.5) is 0 Å². The van der Waals surface area contributed by atoms with Gasteiger partial charge >= 0.3 is 5.97 Å². The molecule has 1 aliphatic carbocycles. The summed E-state index contributed by atoms with van der Waals surface area (Å²) in [6.45, 7) is 0. The third-order valence-electron chi connectivity index (χ3n) is 4.86. The van der Waals surface area contributed by atoms with E-state index in [0.717, 1.165) is 25.7 Å². The highest BCUT2D eigenvalue weighted by molar-refractivity contribution is 6.16. The number of aromatic nitrogens is 3. The van der Waals surface area contributed by atoms with Crippen LogP contribution in [0.1, 0.15) is 58.1 Å². The fraction of sp³-hybridized carbons (Fsp3) is 0.263. The Morgan fingerprint density at radius 3 is 2.54 bits per heavy atom. The maximum atomic E-state index is 12.8. The third kappa shape index (κ3) is 2.61. The number of carbonyl (C=O) groups is 2. The Bertz CT molecular complexity index is 1020. The molecule has 0 bridgehead atoms. The topological polar surface area (TPSA) is 105 Å². The minimum atomic E-state index is -1.29. The molecule has 132 valence electrons. The average Bonchev–Trinajstić information content (AvgIpc) is 3.29. The summed E-state index contributed by atoms with van der Waals surface area (Å²) < 4.78 is 1.91. The van der Waals surface area contributed by atoms with Crippen LogP contribution in [-0.4, -0.2) is 36.5 Å². The van der Waals surface area contributed by atoms with Gasteiger partial charge in [-0.3, -0.25) is 4.79 Å². The molecule has 1 aromatic carbocycles. The van der Waals surface area contributed by atoms with Crippen molar-refractivity contribution in [3.63, 3.8) is 0 Å². The van der Waals surface area contributed by atoms with Gasteiger partial charge in [0, 0.05) is 6.04 Å². The van der Waals surface area contributed by atoms with Gasteiger partial charge in [0.1, 0.15) is 11.3 Å². The van der Waals surface area contributed by atoms with Crippen LogP contribution in [0.5, 0.6) is 5.75 Å². The number of hydrogen-bond donors (Lipinski definition) is 2. The highest BCUT2D eigenvalue weighted by Gasteiger charge is 2.26. The summed E-state index contributed by atoms with van der Waals surface area (Å²) in [7, 11) is 0. The average molecular weight is 351 g/mol. The zero-order valence-corrected chi connectivity index (χ0v) is 13.9. The number of para-hydroxylation sites is 1. The summed E-state index contributed by atoms with van der Waals surface area (Å²) in [4.78, 5) is 33.1. The molecule has 1 saturated carbocycles. The summed E-state index contributed by atoms with van der Waals surface area (Å²) in [5.41, 5.74) is 0.573. The molecule has 0 aliphatic heterocycles. The SMILES string of the molecule is O=C(c1ccccc1O)c1cc2ncn(C3CCCC3)c2nc1C(=O)O. The van der Waals surface area contributed by atoms with Gasteiger partial charge in [0.2, 0.25) is 0 Å². The van der Waals surface area contributed by atoms with Crippen molar-refractivity contribution in [2.75, 3.05) is 0 Å². The lowest BCUT2D eigenvalue weighted by atomic mass is 10.0. The zero-order valence-electron chi connectivity index (χ0n) is 13.9. The number of carbonyl (C=O) groups excluding carboxylic acids is 1. The Morgan fingerprint density at radius 2 is 1.85 bits per heavy atom. The van der Waals surface area contributed by atoms with Crippen LogP contribution >= 0.6 is 0 Å². The molecule has 0 saturated heterocycles. The van der Waals surface area contributed by atoms with Crippen LogP contribution in [-0.2, 0) is 0 Å². The molecule has 1 aliphatic rings. The van der Waals surface area contributed by atoms with E-state index in [0.29, 0.717) is 11.2 Å². The van der Waals surface area contributed by atoms with Crippen molar-refractivity contribution < 1.29 is 19.8 Å². The molecular formula is C19H17N3O4. The zero-order chi connectivity index (χ0) is 18.3. The number of rotatable bonds is 4. The van der Waals surface area contributed by atoms with Crippen molar-refractivity contribution in [2.45, 2.75) is 31.7 Å². The van der Waals surface area contributed by atoms with Crippen LogP contribution < -0.4 is 0 Å². The van der Waals surface area contributed by atoms with Crippen LogP contribution in [0.15, 0.2) is 36.7 Å². The molecule has 0 amide bonds. The smallest absolute Gasteiger partial charge is 0.355 e. The van der Waals surface area contributed by atoms with Crippen LogP contribution in [0.2, 0.25) is 0 Å². The van der Waals surface area contributed by atoms with Crippen molar-refractivity contribution >= 4 is 22.9 Å². The van der Waals surface area contributed by atoms with Gasteiger partial charge in [-0.05, 0) is 31.0 Å². The van der Waals surface area contributed by atoms with E-state index in [-0.39, 0.29) is 28.6 Å². The molecule has 0 atom stereocenters. The fourth-order valence-corrected chi connectivity index (χ4v) is 3.55. The quantitative estimate of drug-likeness (QED) is 0.699. The molecule has 7 heteroatoms. The molecule has 3 aromatic rings. The van der Waals surface area contributed by atoms with Gasteiger partial charge in [-0.2, -0.15) is 0 Å². The highest BCUT2D eigenvalue weighted by Crippen LogP contribution is 2.32. The molecule has 0 unspecified atom stereocenters. The molecule has 0 spiro atoms. The predicted molar refractivity (Wildman–Crippen MR) is 93.5 cm³/mol. The molecule has 4 rings (SSSR count). The number of imidazole rings is 1.